The number of carbonyl (C=O) groups is 1. The van der Waals surface area contributed by atoms with Crippen LogP contribution in [0.5, 0.6) is 0 Å². The van der Waals surface area contributed by atoms with Gasteiger partial charge in [-0.1, -0.05) is 77.6 Å². The first kappa shape index (κ1) is 22.2. The summed E-state index contributed by atoms with van der Waals surface area (Å²) >= 11 is 0. The van der Waals surface area contributed by atoms with Crippen molar-refractivity contribution in [2.45, 2.75) is 129 Å². The van der Waals surface area contributed by atoms with Gasteiger partial charge in [0.25, 0.3) is 0 Å². The lowest BCUT2D eigenvalue weighted by Crippen LogP contribution is -2.52. The monoisotopic (exact) mass is 390 g/mol. The summed E-state index contributed by atoms with van der Waals surface area (Å²) < 4.78 is 5.77. The molecule has 0 amide bonds. The predicted molar refractivity (Wildman–Crippen MR) is 117 cm³/mol. The van der Waals surface area contributed by atoms with Crippen LogP contribution in [0, 0.1) is 22.7 Å². The first-order valence-electron chi connectivity index (χ1n) is 12.8. The Balaban J connectivity index is 1.79. The van der Waals surface area contributed by atoms with Gasteiger partial charge in [-0.05, 0) is 69.1 Å². The number of esters is 1. The molecule has 0 aromatic rings. The number of hydrogen-bond acceptors (Lipinski definition) is 2. The van der Waals surface area contributed by atoms with Crippen molar-refractivity contribution in [2.24, 2.45) is 22.7 Å². The van der Waals surface area contributed by atoms with E-state index in [0.717, 1.165) is 24.7 Å². The van der Waals surface area contributed by atoms with Crippen LogP contribution in [0.3, 0.4) is 0 Å². The maximum absolute atomic E-state index is 13.4. The van der Waals surface area contributed by atoms with Crippen LogP contribution in [0.25, 0.3) is 0 Å². The Labute approximate surface area is 174 Å². The van der Waals surface area contributed by atoms with Gasteiger partial charge < -0.3 is 4.74 Å². The Morgan fingerprint density at radius 3 is 2.00 bits per heavy atom. The minimum absolute atomic E-state index is 0.169. The van der Waals surface area contributed by atoms with E-state index in [4.69, 9.17) is 4.74 Å². The number of ether oxygens (including phenoxy) is 1. The van der Waals surface area contributed by atoms with Gasteiger partial charge in [0, 0.05) is 0 Å². The van der Waals surface area contributed by atoms with Crippen LogP contribution in [0.1, 0.15) is 129 Å². The molecule has 3 rings (SSSR count). The molecule has 0 spiro atoms. The Bertz CT molecular complexity index is 463. The van der Waals surface area contributed by atoms with Gasteiger partial charge in [-0.3, -0.25) is 4.79 Å². The van der Waals surface area contributed by atoms with Gasteiger partial charge in [0.15, 0.2) is 0 Å². The average molecular weight is 391 g/mol. The van der Waals surface area contributed by atoms with Crippen LogP contribution >= 0.6 is 0 Å². The van der Waals surface area contributed by atoms with Gasteiger partial charge >= 0.3 is 5.97 Å². The molecule has 0 aromatic carbocycles. The minimum Gasteiger partial charge on any atom is -0.466 e. The fraction of sp³-hybridized carbons (Fsp3) is 0.962. The minimum atomic E-state index is -0.174. The molecule has 0 bridgehead atoms. The molecule has 0 aliphatic heterocycles. The van der Waals surface area contributed by atoms with E-state index in [1.54, 1.807) is 0 Å². The number of hydrogen-bond donors (Lipinski definition) is 0. The van der Waals surface area contributed by atoms with Crippen molar-refractivity contribution in [2.75, 3.05) is 6.61 Å². The predicted octanol–water partition coefficient (Wildman–Crippen LogP) is 7.84. The van der Waals surface area contributed by atoms with E-state index in [2.05, 4.69) is 6.92 Å². The highest BCUT2D eigenvalue weighted by molar-refractivity contribution is 5.78. The van der Waals surface area contributed by atoms with Crippen molar-refractivity contribution in [1.29, 1.82) is 0 Å². The molecule has 162 valence electrons. The summed E-state index contributed by atoms with van der Waals surface area (Å²) in [5.41, 5.74) is 0.0482. The Kier molecular flexibility index (Phi) is 8.30. The molecular formula is C26H46O2. The van der Waals surface area contributed by atoms with Gasteiger partial charge in [0.05, 0.1) is 12.0 Å². The fourth-order valence-electron chi connectivity index (χ4n) is 7.33. The number of rotatable bonds is 8. The maximum atomic E-state index is 13.4. The molecule has 0 atom stereocenters. The highest BCUT2D eigenvalue weighted by atomic mass is 16.5. The van der Waals surface area contributed by atoms with Crippen molar-refractivity contribution < 1.29 is 9.53 Å². The zero-order chi connectivity index (χ0) is 19.9. The van der Waals surface area contributed by atoms with E-state index in [1.165, 1.54) is 103 Å². The second kappa shape index (κ2) is 10.5. The molecule has 0 saturated heterocycles. The molecule has 28 heavy (non-hydrogen) atoms. The zero-order valence-electron chi connectivity index (χ0n) is 18.9. The lowest BCUT2D eigenvalue weighted by molar-refractivity contribution is -0.174. The number of unbranched alkanes of at least 4 members (excludes halogenated alkanes) is 2. The average Bonchev–Trinajstić information content (AvgIpc) is 2.75. The highest BCUT2D eigenvalue weighted by Crippen LogP contribution is 2.61. The summed E-state index contributed by atoms with van der Waals surface area (Å²) in [4.78, 5) is 13.4. The normalized spacial score (nSPS) is 31.4. The third-order valence-corrected chi connectivity index (χ3v) is 8.95. The van der Waals surface area contributed by atoms with E-state index >= 15 is 0 Å². The van der Waals surface area contributed by atoms with Crippen LogP contribution in [0.15, 0.2) is 0 Å². The SMILES string of the molecule is CCCCCC1(C2(C(=O)OCC)CCCCC2)CCC(C2CCCCC2)CC1. The molecule has 0 unspecified atom stereocenters. The van der Waals surface area contributed by atoms with E-state index in [-0.39, 0.29) is 16.8 Å². The summed E-state index contributed by atoms with van der Waals surface area (Å²) in [5.74, 6) is 2.08. The largest absolute Gasteiger partial charge is 0.466 e. The van der Waals surface area contributed by atoms with Crippen molar-refractivity contribution in [1.82, 2.24) is 0 Å². The molecule has 3 aliphatic carbocycles. The highest BCUT2D eigenvalue weighted by Gasteiger charge is 2.57. The number of carbonyl (C=O) groups excluding carboxylic acids is 1. The van der Waals surface area contributed by atoms with Crippen LogP contribution in [0.4, 0.5) is 0 Å². The smallest absolute Gasteiger partial charge is 0.312 e. The lowest BCUT2D eigenvalue weighted by atomic mass is 9.49. The topological polar surface area (TPSA) is 26.3 Å². The van der Waals surface area contributed by atoms with Crippen LogP contribution in [-0.2, 0) is 9.53 Å². The Morgan fingerprint density at radius 2 is 1.39 bits per heavy atom. The van der Waals surface area contributed by atoms with E-state index in [0.29, 0.717) is 6.61 Å². The van der Waals surface area contributed by atoms with Crippen molar-refractivity contribution >= 4 is 5.97 Å². The summed E-state index contributed by atoms with van der Waals surface area (Å²) in [5, 5.41) is 0. The third-order valence-electron chi connectivity index (χ3n) is 8.95. The second-order valence-electron chi connectivity index (χ2n) is 10.3. The van der Waals surface area contributed by atoms with Gasteiger partial charge in [0.1, 0.15) is 0 Å². The van der Waals surface area contributed by atoms with Crippen LogP contribution < -0.4 is 0 Å². The molecular weight excluding hydrogens is 344 g/mol. The first-order valence-corrected chi connectivity index (χ1v) is 12.8. The summed E-state index contributed by atoms with van der Waals surface area (Å²) in [6, 6.07) is 0. The van der Waals surface area contributed by atoms with Gasteiger partial charge in [-0.25, -0.2) is 0 Å². The van der Waals surface area contributed by atoms with Gasteiger partial charge in [-0.2, -0.15) is 0 Å². The standard InChI is InChI=1S/C26H46O2/c1-3-5-10-17-25(26(24(27)28-4-2)18-11-7-12-19-26)20-15-23(16-21-25)22-13-8-6-9-14-22/h22-23H,3-21H2,1-2H3. The van der Waals surface area contributed by atoms with E-state index in [9.17, 15) is 4.79 Å². The zero-order valence-corrected chi connectivity index (χ0v) is 18.9. The Morgan fingerprint density at radius 1 is 0.786 bits per heavy atom. The van der Waals surface area contributed by atoms with Crippen molar-refractivity contribution in [3.05, 3.63) is 0 Å². The second-order valence-corrected chi connectivity index (χ2v) is 10.3. The fourth-order valence-corrected chi connectivity index (χ4v) is 7.33. The van der Waals surface area contributed by atoms with Gasteiger partial charge in [0.2, 0.25) is 0 Å². The van der Waals surface area contributed by atoms with E-state index in [1.807, 2.05) is 6.92 Å². The summed E-state index contributed by atoms with van der Waals surface area (Å²) in [6.45, 7) is 4.82. The quantitative estimate of drug-likeness (QED) is 0.312. The first-order chi connectivity index (χ1) is 13.7. The molecule has 3 saturated carbocycles. The third kappa shape index (κ3) is 4.62. The molecule has 0 aromatic heterocycles. The van der Waals surface area contributed by atoms with Gasteiger partial charge in [-0.15, -0.1) is 0 Å². The lowest BCUT2D eigenvalue weighted by Gasteiger charge is -2.55. The molecule has 2 heteroatoms. The molecule has 3 aliphatic rings. The maximum Gasteiger partial charge on any atom is 0.312 e. The molecule has 0 N–H and O–H groups in total. The van der Waals surface area contributed by atoms with Crippen LogP contribution in [-0.4, -0.2) is 12.6 Å². The van der Waals surface area contributed by atoms with Crippen LogP contribution in [0.2, 0.25) is 0 Å². The molecule has 3 fully saturated rings. The van der Waals surface area contributed by atoms with Crippen molar-refractivity contribution in [3.63, 3.8) is 0 Å². The summed E-state index contributed by atoms with van der Waals surface area (Å²) in [6.07, 6.45) is 23.7. The molecule has 0 heterocycles. The Hall–Kier alpha value is -0.530. The molecule has 2 nitrogen and oxygen atoms in total. The summed E-state index contributed by atoms with van der Waals surface area (Å²) in [7, 11) is 0. The van der Waals surface area contributed by atoms with Crippen molar-refractivity contribution in [3.8, 4) is 0 Å². The van der Waals surface area contributed by atoms with E-state index < -0.39 is 0 Å². The molecule has 0 radical (unpaired) electrons.